The zero-order valence-corrected chi connectivity index (χ0v) is 13.9. The van der Waals surface area contributed by atoms with E-state index < -0.39 is 5.60 Å². The van der Waals surface area contributed by atoms with E-state index in [1.54, 1.807) is 4.90 Å². The van der Waals surface area contributed by atoms with Crippen molar-refractivity contribution in [2.45, 2.75) is 76.6 Å². The van der Waals surface area contributed by atoms with E-state index in [9.17, 15) is 4.79 Å². The van der Waals surface area contributed by atoms with Crippen molar-refractivity contribution >= 4 is 6.09 Å². The third-order valence-corrected chi connectivity index (χ3v) is 4.46. The Morgan fingerprint density at radius 2 is 1.81 bits per heavy atom. The van der Waals surface area contributed by atoms with E-state index in [4.69, 9.17) is 4.74 Å². The molecule has 1 amide bonds. The molecule has 1 saturated heterocycles. The van der Waals surface area contributed by atoms with Crippen LogP contribution in [0.2, 0.25) is 0 Å². The van der Waals surface area contributed by atoms with Gasteiger partial charge in [0, 0.05) is 31.7 Å². The van der Waals surface area contributed by atoms with Crippen LogP contribution in [0.4, 0.5) is 4.79 Å². The van der Waals surface area contributed by atoms with Crippen molar-refractivity contribution in [3.8, 4) is 0 Å². The van der Waals surface area contributed by atoms with Crippen LogP contribution in [0.15, 0.2) is 0 Å². The lowest BCUT2D eigenvalue weighted by Crippen LogP contribution is -2.47. The summed E-state index contributed by atoms with van der Waals surface area (Å²) in [6.45, 7) is 7.96. The van der Waals surface area contributed by atoms with Crippen LogP contribution >= 0.6 is 0 Å². The van der Waals surface area contributed by atoms with Crippen LogP contribution in [0.25, 0.3) is 0 Å². The number of ether oxygens (including phenoxy) is 1. The number of nitrogens with one attached hydrogen (secondary N) is 2. The molecule has 0 radical (unpaired) electrons. The third kappa shape index (κ3) is 5.15. The van der Waals surface area contributed by atoms with E-state index in [0.29, 0.717) is 18.1 Å². The van der Waals surface area contributed by atoms with Gasteiger partial charge in [-0.2, -0.15) is 0 Å². The smallest absolute Gasteiger partial charge is 0.410 e. The lowest BCUT2D eigenvalue weighted by molar-refractivity contribution is 0.0178. The zero-order chi connectivity index (χ0) is 15.5. The first-order valence-electron chi connectivity index (χ1n) is 8.28. The third-order valence-electron chi connectivity index (χ3n) is 4.46. The van der Waals surface area contributed by atoms with E-state index in [1.807, 2.05) is 27.8 Å². The minimum Gasteiger partial charge on any atom is -0.444 e. The van der Waals surface area contributed by atoms with Gasteiger partial charge >= 0.3 is 6.09 Å². The Kier molecular flexibility index (Phi) is 5.49. The second kappa shape index (κ2) is 6.97. The van der Waals surface area contributed by atoms with Crippen LogP contribution in [-0.2, 0) is 4.74 Å². The van der Waals surface area contributed by atoms with Crippen molar-refractivity contribution in [1.29, 1.82) is 0 Å². The van der Waals surface area contributed by atoms with Crippen LogP contribution in [0, 0.1) is 0 Å². The minimum absolute atomic E-state index is 0.195. The van der Waals surface area contributed by atoms with Crippen LogP contribution in [0.1, 0.15) is 52.9 Å². The predicted molar refractivity (Wildman–Crippen MR) is 84.5 cm³/mol. The molecule has 2 aliphatic rings. The van der Waals surface area contributed by atoms with Gasteiger partial charge < -0.3 is 20.3 Å². The maximum Gasteiger partial charge on any atom is 0.410 e. The minimum atomic E-state index is -0.417. The number of carbonyl (C=O) groups excluding carboxylic acids is 1. The molecule has 1 heterocycles. The fourth-order valence-corrected chi connectivity index (χ4v) is 3.24. The van der Waals surface area contributed by atoms with E-state index in [0.717, 1.165) is 38.8 Å². The molecule has 5 heteroatoms. The molecule has 5 nitrogen and oxygen atoms in total. The first-order valence-corrected chi connectivity index (χ1v) is 8.28. The van der Waals surface area contributed by atoms with Gasteiger partial charge in [0.15, 0.2) is 0 Å². The number of hydrogen-bond donors (Lipinski definition) is 2. The lowest BCUT2D eigenvalue weighted by Gasteiger charge is -2.36. The SMILES string of the molecule is CN(C(=O)OC(C)(C)C)C1CCC(NC2CCNC2)CC1. The molecule has 1 aliphatic heterocycles. The average Bonchev–Trinajstić information content (AvgIpc) is 2.90. The average molecular weight is 297 g/mol. The molecule has 2 N–H and O–H groups in total. The Morgan fingerprint density at radius 1 is 1.14 bits per heavy atom. The number of carbonyl (C=O) groups is 1. The van der Waals surface area contributed by atoms with Crippen molar-refractivity contribution in [3.05, 3.63) is 0 Å². The maximum atomic E-state index is 12.1. The summed E-state index contributed by atoms with van der Waals surface area (Å²) in [6.07, 6.45) is 5.46. The summed E-state index contributed by atoms with van der Waals surface area (Å²) >= 11 is 0. The van der Waals surface area contributed by atoms with Crippen molar-refractivity contribution < 1.29 is 9.53 Å². The molecule has 0 aromatic carbocycles. The van der Waals surface area contributed by atoms with Crippen LogP contribution < -0.4 is 10.6 Å². The summed E-state index contributed by atoms with van der Waals surface area (Å²) in [5, 5.41) is 7.14. The van der Waals surface area contributed by atoms with Gasteiger partial charge in [-0.25, -0.2) is 4.79 Å². The van der Waals surface area contributed by atoms with Gasteiger partial charge in [0.05, 0.1) is 0 Å². The summed E-state index contributed by atoms with van der Waals surface area (Å²) in [4.78, 5) is 13.9. The summed E-state index contributed by atoms with van der Waals surface area (Å²) in [7, 11) is 1.87. The fourth-order valence-electron chi connectivity index (χ4n) is 3.24. The van der Waals surface area contributed by atoms with Crippen LogP contribution in [0.3, 0.4) is 0 Å². The molecular weight excluding hydrogens is 266 g/mol. The largest absolute Gasteiger partial charge is 0.444 e. The maximum absolute atomic E-state index is 12.1. The van der Waals surface area contributed by atoms with Crippen molar-refractivity contribution in [3.63, 3.8) is 0 Å². The highest BCUT2D eigenvalue weighted by Gasteiger charge is 2.30. The summed E-state index contributed by atoms with van der Waals surface area (Å²) < 4.78 is 5.45. The second-order valence-corrected chi connectivity index (χ2v) is 7.45. The Labute approximate surface area is 128 Å². The van der Waals surface area contributed by atoms with Crippen LogP contribution in [0.5, 0.6) is 0 Å². The Hall–Kier alpha value is -0.810. The van der Waals surface area contributed by atoms with Gasteiger partial charge in [-0.15, -0.1) is 0 Å². The monoisotopic (exact) mass is 297 g/mol. The molecule has 1 unspecified atom stereocenters. The van der Waals surface area contributed by atoms with Crippen molar-refractivity contribution in [2.24, 2.45) is 0 Å². The van der Waals surface area contributed by atoms with Gasteiger partial charge in [0.25, 0.3) is 0 Å². The highest BCUT2D eigenvalue weighted by Crippen LogP contribution is 2.24. The number of rotatable bonds is 3. The van der Waals surface area contributed by atoms with Crippen molar-refractivity contribution in [2.75, 3.05) is 20.1 Å². The van der Waals surface area contributed by atoms with E-state index >= 15 is 0 Å². The van der Waals surface area contributed by atoms with E-state index in [2.05, 4.69) is 10.6 Å². The van der Waals surface area contributed by atoms with Gasteiger partial charge in [-0.1, -0.05) is 0 Å². The quantitative estimate of drug-likeness (QED) is 0.838. The van der Waals surface area contributed by atoms with Gasteiger partial charge in [-0.3, -0.25) is 0 Å². The molecule has 2 rings (SSSR count). The topological polar surface area (TPSA) is 53.6 Å². The standard InChI is InChI=1S/C16H31N3O2/c1-16(2,3)21-15(20)19(4)14-7-5-12(6-8-14)18-13-9-10-17-11-13/h12-14,17-18H,5-11H2,1-4H3. The molecule has 0 aromatic rings. The van der Waals surface area contributed by atoms with Gasteiger partial charge in [-0.05, 0) is 59.4 Å². The van der Waals surface area contributed by atoms with Crippen molar-refractivity contribution in [1.82, 2.24) is 15.5 Å². The van der Waals surface area contributed by atoms with E-state index in [1.165, 1.54) is 6.42 Å². The Morgan fingerprint density at radius 3 is 2.33 bits per heavy atom. The summed E-state index contributed by atoms with van der Waals surface area (Å²) in [5.41, 5.74) is -0.417. The molecular formula is C16H31N3O2. The molecule has 0 bridgehead atoms. The molecule has 21 heavy (non-hydrogen) atoms. The van der Waals surface area contributed by atoms with Gasteiger partial charge in [0.1, 0.15) is 5.60 Å². The first kappa shape index (κ1) is 16.6. The summed E-state index contributed by atoms with van der Waals surface area (Å²) in [5.74, 6) is 0. The molecule has 1 atom stereocenters. The fraction of sp³-hybridized carbons (Fsp3) is 0.938. The number of nitrogens with zero attached hydrogens (tertiary/aromatic N) is 1. The first-order chi connectivity index (χ1) is 9.85. The lowest BCUT2D eigenvalue weighted by atomic mass is 9.90. The molecule has 1 aliphatic carbocycles. The summed E-state index contributed by atoms with van der Waals surface area (Å²) in [6, 6.07) is 1.56. The normalized spacial score (nSPS) is 30.2. The molecule has 122 valence electrons. The molecule has 0 aromatic heterocycles. The Bertz CT molecular complexity index is 340. The van der Waals surface area contributed by atoms with E-state index in [-0.39, 0.29) is 6.09 Å². The second-order valence-electron chi connectivity index (χ2n) is 7.45. The number of amides is 1. The molecule has 2 fully saturated rings. The highest BCUT2D eigenvalue weighted by atomic mass is 16.6. The molecule has 1 saturated carbocycles. The highest BCUT2D eigenvalue weighted by molar-refractivity contribution is 5.68. The zero-order valence-electron chi connectivity index (χ0n) is 13.9. The van der Waals surface area contributed by atoms with Gasteiger partial charge in [0.2, 0.25) is 0 Å². The predicted octanol–water partition coefficient (Wildman–Crippen LogP) is 2.12. The molecule has 0 spiro atoms. The van der Waals surface area contributed by atoms with Crippen LogP contribution in [-0.4, -0.2) is 54.9 Å². The number of hydrogen-bond acceptors (Lipinski definition) is 4. The Balaban J connectivity index is 1.73.